The molecule has 0 saturated heterocycles. The maximum Gasteiger partial charge on any atom is 0.352 e. The van der Waals surface area contributed by atoms with Crippen molar-refractivity contribution in [2.24, 2.45) is 0 Å². The molecule has 1 aromatic heterocycles. The van der Waals surface area contributed by atoms with Gasteiger partial charge in [0.1, 0.15) is 16.9 Å². The Morgan fingerprint density at radius 1 is 1.41 bits per heavy atom. The van der Waals surface area contributed by atoms with Crippen molar-refractivity contribution in [3.05, 3.63) is 27.4 Å². The highest BCUT2D eigenvalue weighted by Crippen LogP contribution is 2.42. The van der Waals surface area contributed by atoms with E-state index in [1.807, 2.05) is 6.07 Å². The molecule has 7 heteroatoms. The number of ether oxygens (including phenoxy) is 1. The summed E-state index contributed by atoms with van der Waals surface area (Å²) in [7, 11) is 2.76. The predicted octanol–water partition coefficient (Wildman–Crippen LogP) is 2.03. The van der Waals surface area contributed by atoms with Crippen LogP contribution in [0.25, 0.3) is 0 Å². The van der Waals surface area contributed by atoms with Crippen molar-refractivity contribution in [1.82, 2.24) is 4.90 Å². The summed E-state index contributed by atoms with van der Waals surface area (Å²) in [5.74, 6) is -0.750. The maximum atomic E-state index is 12.7. The van der Waals surface area contributed by atoms with Crippen LogP contribution >= 0.6 is 11.3 Å². The number of hydrogen-bond acceptors (Lipinski definition) is 6. The molecule has 22 heavy (non-hydrogen) atoms. The second-order valence-corrected chi connectivity index (χ2v) is 6.34. The molecular weight excluding hydrogens is 302 g/mol. The lowest BCUT2D eigenvalue weighted by Crippen LogP contribution is -2.36. The lowest BCUT2D eigenvalue weighted by atomic mass is 9.94. The molecule has 1 aromatic rings. The number of aryl methyl sites for hydroxylation is 1. The smallest absolute Gasteiger partial charge is 0.352 e. The summed E-state index contributed by atoms with van der Waals surface area (Å²) < 4.78 is 4.62. The van der Waals surface area contributed by atoms with E-state index < -0.39 is 5.97 Å². The van der Waals surface area contributed by atoms with Gasteiger partial charge in [-0.15, -0.1) is 11.3 Å². The minimum absolute atomic E-state index is 0.181. The molecule has 2 aliphatic rings. The molecule has 0 saturated carbocycles. The normalized spacial score (nSPS) is 18.8. The summed E-state index contributed by atoms with van der Waals surface area (Å²) in [6.07, 6.45) is 4.10. The number of carbonyl (C=O) groups excluding carboxylic acids is 2. The fourth-order valence-electron chi connectivity index (χ4n) is 2.87. The Morgan fingerprint density at radius 3 is 2.82 bits per heavy atom. The van der Waals surface area contributed by atoms with Crippen molar-refractivity contribution < 1.29 is 14.3 Å². The molecule has 1 aliphatic carbocycles. The number of rotatable bonds is 1. The van der Waals surface area contributed by atoms with Crippen molar-refractivity contribution in [1.29, 1.82) is 5.26 Å². The van der Waals surface area contributed by atoms with Gasteiger partial charge in [-0.25, -0.2) is 4.79 Å². The highest BCUT2D eigenvalue weighted by Gasteiger charge is 2.35. The van der Waals surface area contributed by atoms with E-state index >= 15 is 0 Å². The van der Waals surface area contributed by atoms with Crippen molar-refractivity contribution in [3.8, 4) is 6.07 Å². The summed E-state index contributed by atoms with van der Waals surface area (Å²) >= 11 is 1.54. The molecule has 0 bridgehead atoms. The van der Waals surface area contributed by atoms with Crippen LogP contribution < -0.4 is 5.32 Å². The molecule has 114 valence electrons. The first kappa shape index (κ1) is 14.6. The molecule has 0 spiro atoms. The zero-order valence-corrected chi connectivity index (χ0v) is 13.2. The van der Waals surface area contributed by atoms with Gasteiger partial charge in [-0.2, -0.15) is 5.26 Å². The Balaban J connectivity index is 2.13. The number of nitrogens with zero attached hydrogens (tertiary/aromatic N) is 2. The van der Waals surface area contributed by atoms with Gasteiger partial charge in [0, 0.05) is 11.9 Å². The number of carbonyl (C=O) groups is 2. The molecule has 0 radical (unpaired) electrons. The highest BCUT2D eigenvalue weighted by atomic mass is 32.1. The van der Waals surface area contributed by atoms with Gasteiger partial charge in [0.15, 0.2) is 5.57 Å². The fraction of sp³-hybridized carbons (Fsp3) is 0.400. The first-order chi connectivity index (χ1) is 10.6. The number of anilines is 1. The SMILES string of the molecule is COC(=O)/C(C#N)=C1/Nc2sc3c(c2C(=O)N1C)CCCC3. The molecule has 0 fully saturated rings. The Labute approximate surface area is 132 Å². The van der Waals surface area contributed by atoms with Crippen molar-refractivity contribution in [2.45, 2.75) is 25.7 Å². The number of hydrogen-bond donors (Lipinski definition) is 1. The van der Waals surface area contributed by atoms with Crippen molar-refractivity contribution >= 4 is 28.2 Å². The van der Waals surface area contributed by atoms with Crippen LogP contribution in [0.15, 0.2) is 11.4 Å². The van der Waals surface area contributed by atoms with E-state index in [-0.39, 0.29) is 17.3 Å². The molecule has 6 nitrogen and oxygen atoms in total. The van der Waals surface area contributed by atoms with Crippen molar-refractivity contribution in [2.75, 3.05) is 19.5 Å². The fourth-order valence-corrected chi connectivity index (χ4v) is 4.15. The van der Waals surface area contributed by atoms with E-state index in [2.05, 4.69) is 10.1 Å². The summed E-state index contributed by atoms with van der Waals surface area (Å²) in [4.78, 5) is 27.0. The zero-order chi connectivity index (χ0) is 15.9. The molecular formula is C15H15N3O3S. The van der Waals surface area contributed by atoms with E-state index in [0.29, 0.717) is 5.56 Å². The molecule has 1 N–H and O–H groups in total. The number of esters is 1. The third-order valence-corrected chi connectivity index (χ3v) is 5.20. The monoisotopic (exact) mass is 317 g/mol. The number of nitriles is 1. The molecule has 1 aliphatic heterocycles. The van der Waals surface area contributed by atoms with Crippen LogP contribution in [-0.4, -0.2) is 30.9 Å². The lowest BCUT2D eigenvalue weighted by Gasteiger charge is -2.28. The largest absolute Gasteiger partial charge is 0.465 e. The number of amides is 1. The maximum absolute atomic E-state index is 12.7. The second-order valence-electron chi connectivity index (χ2n) is 5.23. The summed E-state index contributed by atoms with van der Waals surface area (Å²) in [5, 5.41) is 13.0. The Kier molecular flexibility index (Phi) is 3.62. The lowest BCUT2D eigenvalue weighted by molar-refractivity contribution is -0.135. The summed E-state index contributed by atoms with van der Waals surface area (Å²) in [6.45, 7) is 0. The summed E-state index contributed by atoms with van der Waals surface area (Å²) in [6, 6.07) is 1.82. The average Bonchev–Trinajstić information content (AvgIpc) is 2.90. The quantitative estimate of drug-likeness (QED) is 0.487. The van der Waals surface area contributed by atoms with E-state index in [0.717, 1.165) is 36.2 Å². The molecule has 3 rings (SSSR count). The summed E-state index contributed by atoms with van der Waals surface area (Å²) in [5.41, 5.74) is 1.61. The van der Waals surface area contributed by atoms with Crippen LogP contribution in [-0.2, 0) is 22.4 Å². The molecule has 0 aromatic carbocycles. The number of methoxy groups -OCH3 is 1. The van der Waals surface area contributed by atoms with Gasteiger partial charge in [-0.1, -0.05) is 0 Å². The Hall–Kier alpha value is -2.33. The first-order valence-corrected chi connectivity index (χ1v) is 7.82. The molecule has 0 unspecified atom stereocenters. The third-order valence-electron chi connectivity index (χ3n) is 4.00. The van der Waals surface area contributed by atoms with Gasteiger partial charge >= 0.3 is 5.97 Å². The Bertz CT molecular complexity index is 742. The van der Waals surface area contributed by atoms with E-state index in [4.69, 9.17) is 0 Å². The van der Waals surface area contributed by atoms with Crippen LogP contribution in [0.3, 0.4) is 0 Å². The minimum Gasteiger partial charge on any atom is -0.465 e. The van der Waals surface area contributed by atoms with E-state index in [9.17, 15) is 14.9 Å². The number of nitrogens with one attached hydrogen (secondary N) is 1. The van der Waals surface area contributed by atoms with Crippen LogP contribution in [0, 0.1) is 11.3 Å². The van der Waals surface area contributed by atoms with Crippen LogP contribution in [0.4, 0.5) is 5.00 Å². The second kappa shape index (κ2) is 5.46. The highest BCUT2D eigenvalue weighted by molar-refractivity contribution is 7.16. The van der Waals surface area contributed by atoms with Gasteiger partial charge in [0.05, 0.1) is 12.7 Å². The number of thiophene rings is 1. The number of fused-ring (bicyclic) bond motifs is 3. The van der Waals surface area contributed by atoms with Crippen LogP contribution in [0.1, 0.15) is 33.6 Å². The van der Waals surface area contributed by atoms with Gasteiger partial charge < -0.3 is 10.1 Å². The van der Waals surface area contributed by atoms with Gasteiger partial charge in [0.25, 0.3) is 5.91 Å². The van der Waals surface area contributed by atoms with Crippen molar-refractivity contribution in [3.63, 3.8) is 0 Å². The molecule has 2 heterocycles. The Morgan fingerprint density at radius 2 is 2.14 bits per heavy atom. The van der Waals surface area contributed by atoms with Gasteiger partial charge in [0.2, 0.25) is 0 Å². The van der Waals surface area contributed by atoms with E-state index in [1.54, 1.807) is 18.4 Å². The van der Waals surface area contributed by atoms with Gasteiger partial charge in [-0.05, 0) is 31.2 Å². The third kappa shape index (κ3) is 2.07. The minimum atomic E-state index is -0.755. The predicted molar refractivity (Wildman–Crippen MR) is 81.3 cm³/mol. The topological polar surface area (TPSA) is 82.4 Å². The standard InChI is InChI=1S/C15H15N3O3S/c1-18-12(9(7-16)15(20)21-2)17-13-11(14(18)19)8-5-3-4-6-10(8)22-13/h17H,3-6H2,1-2H3/b12-9-. The molecule has 1 amide bonds. The van der Waals surface area contributed by atoms with E-state index in [1.165, 1.54) is 16.9 Å². The van der Waals surface area contributed by atoms with Crippen LogP contribution in [0.2, 0.25) is 0 Å². The van der Waals surface area contributed by atoms with Gasteiger partial charge in [-0.3, -0.25) is 9.69 Å². The zero-order valence-electron chi connectivity index (χ0n) is 12.4. The average molecular weight is 317 g/mol. The molecule has 0 atom stereocenters. The first-order valence-electron chi connectivity index (χ1n) is 7.00. The van der Waals surface area contributed by atoms with Crippen LogP contribution in [0.5, 0.6) is 0 Å².